The molecule has 0 aromatic heterocycles. The maximum atomic E-state index is 10.7. The monoisotopic (exact) mass is 225 g/mol. The summed E-state index contributed by atoms with van der Waals surface area (Å²) in [6, 6.07) is 0.607. The third kappa shape index (κ3) is 3.97. The van der Waals surface area contributed by atoms with Crippen molar-refractivity contribution in [2.75, 3.05) is 13.1 Å². The summed E-state index contributed by atoms with van der Waals surface area (Å²) in [5.74, 6) is -0.899. The molecule has 1 atom stereocenters. The summed E-state index contributed by atoms with van der Waals surface area (Å²) in [5, 5.41) is 8.80. The van der Waals surface area contributed by atoms with E-state index < -0.39 is 5.97 Å². The summed E-state index contributed by atoms with van der Waals surface area (Å²) >= 11 is 0. The zero-order valence-electron chi connectivity index (χ0n) is 10.6. The van der Waals surface area contributed by atoms with Crippen molar-refractivity contribution in [1.82, 2.24) is 4.90 Å². The lowest BCUT2D eigenvalue weighted by Crippen LogP contribution is -2.34. The first-order chi connectivity index (χ1) is 7.50. The van der Waals surface area contributed by atoms with Crippen molar-refractivity contribution < 1.29 is 9.90 Å². The molecule has 0 saturated carbocycles. The fraction of sp³-hybridized carbons (Fsp3) is 0.769. The van der Waals surface area contributed by atoms with Gasteiger partial charge in [-0.05, 0) is 33.1 Å². The molecule has 1 aliphatic rings. The molecular weight excluding hydrogens is 202 g/mol. The van der Waals surface area contributed by atoms with Gasteiger partial charge in [0.05, 0.1) is 5.92 Å². The molecule has 0 fully saturated rings. The number of aliphatic carboxylic acids is 1. The highest BCUT2D eigenvalue weighted by Gasteiger charge is 2.16. The summed E-state index contributed by atoms with van der Waals surface area (Å²) in [4.78, 5) is 13.1. The molecule has 0 aromatic carbocycles. The third-order valence-corrected chi connectivity index (χ3v) is 3.38. The molecule has 3 heteroatoms. The molecule has 1 unspecified atom stereocenters. The average molecular weight is 225 g/mol. The largest absolute Gasteiger partial charge is 0.481 e. The molecule has 1 rings (SSSR count). The number of hydrogen-bond donors (Lipinski definition) is 1. The normalized spacial score (nSPS) is 19.6. The van der Waals surface area contributed by atoms with Crippen molar-refractivity contribution in [1.29, 1.82) is 0 Å². The van der Waals surface area contributed by atoms with Gasteiger partial charge in [0.25, 0.3) is 0 Å². The lowest BCUT2D eigenvalue weighted by atomic mass is 9.97. The van der Waals surface area contributed by atoms with Gasteiger partial charge >= 0.3 is 5.97 Å². The average Bonchev–Trinajstić information content (AvgIpc) is 2.26. The van der Waals surface area contributed by atoms with Gasteiger partial charge < -0.3 is 5.11 Å². The second kappa shape index (κ2) is 6.04. The molecule has 0 aliphatic carbocycles. The quantitative estimate of drug-likeness (QED) is 0.731. The molecular formula is C13H23NO2. The molecule has 1 N–H and O–H groups in total. The van der Waals surface area contributed by atoms with Gasteiger partial charge in [-0.3, -0.25) is 9.69 Å². The van der Waals surface area contributed by atoms with E-state index in [-0.39, 0.29) is 5.92 Å². The number of hydrogen-bond acceptors (Lipinski definition) is 2. The van der Waals surface area contributed by atoms with Gasteiger partial charge in [0.15, 0.2) is 0 Å². The van der Waals surface area contributed by atoms with Gasteiger partial charge in [0.1, 0.15) is 0 Å². The van der Waals surface area contributed by atoms with E-state index >= 15 is 0 Å². The van der Waals surface area contributed by atoms with Crippen LogP contribution in [-0.2, 0) is 4.79 Å². The van der Waals surface area contributed by atoms with Crippen molar-refractivity contribution >= 4 is 5.97 Å². The number of nitrogens with zero attached hydrogens (tertiary/aromatic N) is 1. The molecule has 0 saturated heterocycles. The van der Waals surface area contributed by atoms with Crippen LogP contribution in [0.1, 0.15) is 40.0 Å². The number of carbonyl (C=O) groups is 1. The van der Waals surface area contributed by atoms with Gasteiger partial charge in [-0.2, -0.15) is 0 Å². The van der Waals surface area contributed by atoms with E-state index in [0.717, 1.165) is 32.4 Å². The van der Waals surface area contributed by atoms with Crippen molar-refractivity contribution in [2.45, 2.75) is 46.1 Å². The van der Waals surface area contributed by atoms with Crippen LogP contribution in [-0.4, -0.2) is 35.1 Å². The van der Waals surface area contributed by atoms with Crippen molar-refractivity contribution in [3.63, 3.8) is 0 Å². The van der Waals surface area contributed by atoms with Crippen molar-refractivity contribution in [3.8, 4) is 0 Å². The highest BCUT2D eigenvalue weighted by molar-refractivity contribution is 5.69. The van der Waals surface area contributed by atoms with Crippen molar-refractivity contribution in [2.24, 2.45) is 5.92 Å². The van der Waals surface area contributed by atoms with Crippen LogP contribution < -0.4 is 0 Å². The molecule has 0 bridgehead atoms. The van der Waals surface area contributed by atoms with E-state index in [1.165, 1.54) is 5.57 Å². The summed E-state index contributed by atoms with van der Waals surface area (Å²) < 4.78 is 0. The van der Waals surface area contributed by atoms with E-state index in [9.17, 15) is 4.79 Å². The Morgan fingerprint density at radius 1 is 1.50 bits per heavy atom. The zero-order chi connectivity index (χ0) is 12.1. The molecule has 3 nitrogen and oxygen atoms in total. The Labute approximate surface area is 98.1 Å². The molecule has 0 amide bonds. The molecule has 92 valence electrons. The Morgan fingerprint density at radius 2 is 2.19 bits per heavy atom. The molecule has 0 spiro atoms. The SMILES string of the molecule is CC(CCC1=CCN(C(C)C)CC1)C(=O)O. The topological polar surface area (TPSA) is 40.5 Å². The maximum Gasteiger partial charge on any atom is 0.306 e. The Bertz CT molecular complexity index is 271. The zero-order valence-corrected chi connectivity index (χ0v) is 10.6. The predicted octanol–water partition coefficient (Wildman–Crippen LogP) is 2.53. The van der Waals surface area contributed by atoms with E-state index in [1.54, 1.807) is 6.92 Å². The fourth-order valence-corrected chi connectivity index (χ4v) is 1.95. The maximum absolute atomic E-state index is 10.7. The van der Waals surface area contributed by atoms with E-state index in [1.807, 2.05) is 0 Å². The van der Waals surface area contributed by atoms with E-state index in [4.69, 9.17) is 5.11 Å². The van der Waals surface area contributed by atoms with Gasteiger partial charge in [0.2, 0.25) is 0 Å². The predicted molar refractivity (Wildman–Crippen MR) is 65.4 cm³/mol. The summed E-state index contributed by atoms with van der Waals surface area (Å²) in [7, 11) is 0. The van der Waals surface area contributed by atoms with Gasteiger partial charge in [-0.1, -0.05) is 18.6 Å². The van der Waals surface area contributed by atoms with E-state index in [2.05, 4.69) is 24.8 Å². The van der Waals surface area contributed by atoms with Crippen LogP contribution in [0.15, 0.2) is 11.6 Å². The Kier molecular flexibility index (Phi) is 5.00. The second-order valence-electron chi connectivity index (χ2n) is 4.98. The Balaban J connectivity index is 2.32. The lowest BCUT2D eigenvalue weighted by Gasteiger charge is -2.29. The van der Waals surface area contributed by atoms with Crippen LogP contribution in [0.5, 0.6) is 0 Å². The van der Waals surface area contributed by atoms with Gasteiger partial charge in [-0.15, -0.1) is 0 Å². The Hall–Kier alpha value is -0.830. The first kappa shape index (κ1) is 13.2. The second-order valence-corrected chi connectivity index (χ2v) is 4.98. The number of carboxylic acid groups (broad SMARTS) is 1. The minimum atomic E-state index is -0.680. The van der Waals surface area contributed by atoms with Crippen LogP contribution >= 0.6 is 0 Å². The lowest BCUT2D eigenvalue weighted by molar-refractivity contribution is -0.141. The molecule has 0 radical (unpaired) electrons. The summed E-state index contributed by atoms with van der Waals surface area (Å²) in [6.07, 6.45) is 5.09. The third-order valence-electron chi connectivity index (χ3n) is 3.38. The van der Waals surface area contributed by atoms with Gasteiger partial charge in [-0.25, -0.2) is 0 Å². The smallest absolute Gasteiger partial charge is 0.306 e. The first-order valence-corrected chi connectivity index (χ1v) is 6.15. The minimum absolute atomic E-state index is 0.218. The first-order valence-electron chi connectivity index (χ1n) is 6.15. The van der Waals surface area contributed by atoms with Crippen LogP contribution in [0.3, 0.4) is 0 Å². The molecule has 0 aromatic rings. The van der Waals surface area contributed by atoms with Crippen LogP contribution in [0, 0.1) is 5.92 Å². The van der Waals surface area contributed by atoms with E-state index in [0.29, 0.717) is 6.04 Å². The number of carboxylic acids is 1. The molecule has 16 heavy (non-hydrogen) atoms. The minimum Gasteiger partial charge on any atom is -0.481 e. The van der Waals surface area contributed by atoms with Crippen molar-refractivity contribution in [3.05, 3.63) is 11.6 Å². The highest BCUT2D eigenvalue weighted by atomic mass is 16.4. The van der Waals surface area contributed by atoms with Crippen LogP contribution in [0.2, 0.25) is 0 Å². The Morgan fingerprint density at radius 3 is 2.62 bits per heavy atom. The van der Waals surface area contributed by atoms with Crippen LogP contribution in [0.25, 0.3) is 0 Å². The highest BCUT2D eigenvalue weighted by Crippen LogP contribution is 2.19. The standard InChI is InChI=1S/C13H23NO2/c1-10(2)14-8-6-12(7-9-14)5-4-11(3)13(15)16/h6,10-11H,4-5,7-9H2,1-3H3,(H,15,16). The molecule has 1 aliphatic heterocycles. The summed E-state index contributed by atoms with van der Waals surface area (Å²) in [6.45, 7) is 8.35. The number of rotatable bonds is 5. The molecule has 1 heterocycles. The van der Waals surface area contributed by atoms with Crippen LogP contribution in [0.4, 0.5) is 0 Å². The summed E-state index contributed by atoms with van der Waals surface area (Å²) in [5.41, 5.74) is 1.44. The van der Waals surface area contributed by atoms with Gasteiger partial charge in [0, 0.05) is 19.1 Å². The fourth-order valence-electron chi connectivity index (χ4n) is 1.95.